The Balaban J connectivity index is 2.00. The first-order chi connectivity index (χ1) is 10.5. The number of carbonyl (C=O) groups excluding carboxylic acids is 1. The molecule has 2 heterocycles. The second kappa shape index (κ2) is 6.49. The summed E-state index contributed by atoms with van der Waals surface area (Å²) < 4.78 is 24.6. The highest BCUT2D eigenvalue weighted by atomic mass is 32.2. The fraction of sp³-hybridized carbons (Fsp3) is 0.733. The minimum Gasteiger partial charge on any atom is -0.338 e. The predicted octanol–water partition coefficient (Wildman–Crippen LogP) is 1.94. The van der Waals surface area contributed by atoms with E-state index in [0.717, 1.165) is 5.01 Å². The van der Waals surface area contributed by atoms with Crippen LogP contribution in [-0.4, -0.2) is 60.9 Å². The lowest BCUT2D eigenvalue weighted by Crippen LogP contribution is -2.46. The van der Waals surface area contributed by atoms with Gasteiger partial charge in [0.15, 0.2) is 0 Å². The molecular weight excluding hydrogens is 334 g/mol. The lowest BCUT2D eigenvalue weighted by atomic mass is 9.98. The summed E-state index contributed by atoms with van der Waals surface area (Å²) in [5.74, 6) is -0.00143. The highest BCUT2D eigenvalue weighted by molar-refractivity contribution is 7.88. The first-order valence-corrected chi connectivity index (χ1v) is 10.3. The Labute approximate surface area is 142 Å². The number of aromatic nitrogens is 1. The van der Waals surface area contributed by atoms with E-state index in [4.69, 9.17) is 0 Å². The summed E-state index contributed by atoms with van der Waals surface area (Å²) in [7, 11) is -1.58. The van der Waals surface area contributed by atoms with E-state index in [1.807, 2.05) is 0 Å². The minimum atomic E-state index is -3.18. The van der Waals surface area contributed by atoms with Crippen molar-refractivity contribution in [1.29, 1.82) is 0 Å². The first kappa shape index (κ1) is 18.4. The third kappa shape index (κ3) is 4.30. The molecule has 0 spiro atoms. The molecule has 0 bridgehead atoms. The van der Waals surface area contributed by atoms with E-state index >= 15 is 0 Å². The maximum absolute atomic E-state index is 12.6. The second-order valence-corrected chi connectivity index (χ2v) is 10.2. The van der Waals surface area contributed by atoms with Gasteiger partial charge in [-0.3, -0.25) is 4.79 Å². The van der Waals surface area contributed by atoms with Gasteiger partial charge in [0.2, 0.25) is 10.0 Å². The summed E-state index contributed by atoms with van der Waals surface area (Å²) >= 11 is 1.44. The van der Waals surface area contributed by atoms with Crippen LogP contribution >= 0.6 is 11.3 Å². The van der Waals surface area contributed by atoms with Crippen molar-refractivity contribution in [3.63, 3.8) is 0 Å². The van der Waals surface area contributed by atoms with Gasteiger partial charge >= 0.3 is 0 Å². The van der Waals surface area contributed by atoms with Gasteiger partial charge in [-0.1, -0.05) is 20.8 Å². The normalized spacial score (nSPS) is 17.7. The van der Waals surface area contributed by atoms with Gasteiger partial charge in [-0.05, 0) is 12.8 Å². The van der Waals surface area contributed by atoms with Crippen molar-refractivity contribution in [3.05, 3.63) is 16.1 Å². The average Bonchev–Trinajstić information content (AvgIpc) is 2.95. The van der Waals surface area contributed by atoms with Crippen molar-refractivity contribution in [2.24, 2.45) is 0 Å². The van der Waals surface area contributed by atoms with Crippen molar-refractivity contribution in [3.8, 4) is 0 Å². The molecule has 23 heavy (non-hydrogen) atoms. The molecule has 0 atom stereocenters. The summed E-state index contributed by atoms with van der Waals surface area (Å²) in [5, 5.41) is 0.951. The van der Waals surface area contributed by atoms with E-state index in [2.05, 4.69) is 25.8 Å². The van der Waals surface area contributed by atoms with Gasteiger partial charge in [-0.2, -0.15) is 0 Å². The molecule has 1 fully saturated rings. The van der Waals surface area contributed by atoms with Crippen LogP contribution in [0.15, 0.2) is 6.20 Å². The summed E-state index contributed by atoms with van der Waals surface area (Å²) in [4.78, 5) is 19.4. The summed E-state index contributed by atoms with van der Waals surface area (Å²) in [6.45, 7) is 7.38. The van der Waals surface area contributed by atoms with Gasteiger partial charge in [-0.15, -0.1) is 11.3 Å². The molecule has 0 N–H and O–H groups in total. The number of amides is 1. The number of piperidine rings is 1. The molecule has 1 aromatic rings. The van der Waals surface area contributed by atoms with E-state index in [1.54, 1.807) is 18.1 Å². The monoisotopic (exact) mass is 359 g/mol. The van der Waals surface area contributed by atoms with Crippen LogP contribution in [0.1, 0.15) is 48.3 Å². The standard InChI is InChI=1S/C15H25N3O3S2/c1-15(2,3)14-16-10-12(22-14)13(19)18-8-6-11(7-9-18)17(4)23(5,20)21/h10-11H,6-9H2,1-5H3. The zero-order valence-electron chi connectivity index (χ0n) is 14.4. The molecule has 1 saturated heterocycles. The number of rotatable bonds is 3. The fourth-order valence-electron chi connectivity index (χ4n) is 2.58. The Morgan fingerprint density at radius 3 is 2.35 bits per heavy atom. The van der Waals surface area contributed by atoms with E-state index < -0.39 is 10.0 Å². The number of likely N-dealkylation sites (tertiary alicyclic amines) is 1. The van der Waals surface area contributed by atoms with Gasteiger partial charge in [0.25, 0.3) is 5.91 Å². The fourth-order valence-corrected chi connectivity index (χ4v) is 4.27. The van der Waals surface area contributed by atoms with E-state index in [9.17, 15) is 13.2 Å². The molecule has 0 aromatic carbocycles. The van der Waals surface area contributed by atoms with Crippen LogP contribution in [0.3, 0.4) is 0 Å². The topological polar surface area (TPSA) is 70.6 Å². The summed E-state index contributed by atoms with van der Waals surface area (Å²) in [6, 6.07) is -0.0272. The largest absolute Gasteiger partial charge is 0.338 e. The zero-order valence-corrected chi connectivity index (χ0v) is 16.0. The Morgan fingerprint density at radius 1 is 1.35 bits per heavy atom. The smallest absolute Gasteiger partial charge is 0.265 e. The molecule has 1 amide bonds. The lowest BCUT2D eigenvalue weighted by molar-refractivity contribution is 0.0691. The molecule has 2 rings (SSSR count). The molecule has 1 aliphatic heterocycles. The molecule has 1 aliphatic rings. The summed E-state index contributed by atoms with van der Waals surface area (Å²) in [6.07, 6.45) is 4.21. The van der Waals surface area contributed by atoms with Gasteiger partial charge in [-0.25, -0.2) is 17.7 Å². The van der Waals surface area contributed by atoms with Crippen LogP contribution < -0.4 is 0 Å². The first-order valence-electron chi connectivity index (χ1n) is 7.68. The molecule has 0 radical (unpaired) electrons. The van der Waals surface area contributed by atoms with Crippen LogP contribution in [0.5, 0.6) is 0 Å². The van der Waals surface area contributed by atoms with Crippen molar-refractivity contribution in [2.75, 3.05) is 26.4 Å². The van der Waals surface area contributed by atoms with Gasteiger partial charge < -0.3 is 4.90 Å². The number of hydrogen-bond acceptors (Lipinski definition) is 5. The molecule has 0 aliphatic carbocycles. The molecular formula is C15H25N3O3S2. The van der Waals surface area contributed by atoms with Crippen LogP contribution in [0.2, 0.25) is 0 Å². The molecule has 0 unspecified atom stereocenters. The van der Waals surface area contributed by atoms with E-state index in [-0.39, 0.29) is 17.4 Å². The molecule has 6 nitrogen and oxygen atoms in total. The summed E-state index contributed by atoms with van der Waals surface area (Å²) in [5.41, 5.74) is -0.0611. The predicted molar refractivity (Wildman–Crippen MR) is 92.3 cm³/mol. The maximum atomic E-state index is 12.6. The van der Waals surface area contributed by atoms with Gasteiger partial charge in [0, 0.05) is 31.6 Å². The van der Waals surface area contributed by atoms with Crippen molar-refractivity contribution < 1.29 is 13.2 Å². The minimum absolute atomic E-state index is 0.00143. The van der Waals surface area contributed by atoms with Crippen molar-refractivity contribution in [1.82, 2.24) is 14.2 Å². The Morgan fingerprint density at radius 2 is 1.91 bits per heavy atom. The Bertz CT molecular complexity index is 668. The molecule has 8 heteroatoms. The highest BCUT2D eigenvalue weighted by Gasteiger charge is 2.30. The molecule has 130 valence electrons. The third-order valence-corrected chi connectivity index (χ3v) is 6.90. The van der Waals surface area contributed by atoms with Crippen LogP contribution in [0.4, 0.5) is 0 Å². The lowest BCUT2D eigenvalue weighted by Gasteiger charge is -2.35. The van der Waals surface area contributed by atoms with Crippen LogP contribution in [-0.2, 0) is 15.4 Å². The SMILES string of the molecule is CN(C1CCN(C(=O)c2cnc(C(C)(C)C)s2)CC1)S(C)(=O)=O. The molecule has 0 saturated carbocycles. The zero-order chi connectivity index (χ0) is 17.4. The number of sulfonamides is 1. The van der Waals surface area contributed by atoms with Crippen molar-refractivity contribution in [2.45, 2.75) is 45.1 Å². The van der Waals surface area contributed by atoms with Gasteiger partial charge in [0.1, 0.15) is 4.88 Å². The maximum Gasteiger partial charge on any atom is 0.265 e. The number of hydrogen-bond donors (Lipinski definition) is 0. The van der Waals surface area contributed by atoms with E-state index in [1.165, 1.54) is 21.9 Å². The van der Waals surface area contributed by atoms with Gasteiger partial charge in [0.05, 0.1) is 17.5 Å². The quantitative estimate of drug-likeness (QED) is 0.827. The molecule has 1 aromatic heterocycles. The number of thiazole rings is 1. The Kier molecular flexibility index (Phi) is 5.18. The number of carbonyl (C=O) groups is 1. The third-order valence-electron chi connectivity index (χ3n) is 4.15. The van der Waals surface area contributed by atoms with Crippen LogP contribution in [0.25, 0.3) is 0 Å². The second-order valence-electron chi connectivity index (χ2n) is 7.08. The average molecular weight is 360 g/mol. The Hall–Kier alpha value is -0.990. The highest BCUT2D eigenvalue weighted by Crippen LogP contribution is 2.28. The van der Waals surface area contributed by atoms with Crippen LogP contribution in [0, 0.1) is 0 Å². The van der Waals surface area contributed by atoms with Crippen molar-refractivity contribution >= 4 is 27.3 Å². The van der Waals surface area contributed by atoms with E-state index in [0.29, 0.717) is 30.8 Å². The number of nitrogens with zero attached hydrogens (tertiary/aromatic N) is 3.